The van der Waals surface area contributed by atoms with Gasteiger partial charge in [-0.2, -0.15) is 0 Å². The van der Waals surface area contributed by atoms with Crippen LogP contribution in [0.25, 0.3) is 0 Å². The Labute approximate surface area is 163 Å². The highest BCUT2D eigenvalue weighted by Gasteiger charge is 2.23. The molecule has 1 saturated heterocycles. The molecule has 0 bridgehead atoms. The molecular weight excluding hydrogens is 320 g/mol. The highest BCUT2D eigenvalue weighted by Crippen LogP contribution is 2.19. The van der Waals surface area contributed by atoms with Crippen LogP contribution in [-0.2, 0) is 9.47 Å². The average molecular weight is 365 g/mol. The van der Waals surface area contributed by atoms with Gasteiger partial charge in [-0.05, 0) is 6.42 Å². The Balaban J connectivity index is 1.87. The smallest absolute Gasteiger partial charge is 0.102 e. The molecule has 26 heavy (non-hydrogen) atoms. The van der Waals surface area contributed by atoms with Gasteiger partial charge in [-0.15, -0.1) is 0 Å². The van der Waals surface area contributed by atoms with Crippen LogP contribution >= 0.6 is 0 Å². The van der Waals surface area contributed by atoms with Gasteiger partial charge in [0, 0.05) is 0 Å². The Hall–Kier alpha value is -0.600. The molecule has 1 aliphatic heterocycles. The monoisotopic (exact) mass is 364 g/mol. The third-order valence-electron chi connectivity index (χ3n) is 5.37. The van der Waals surface area contributed by atoms with E-state index in [1.54, 1.807) is 0 Å². The van der Waals surface area contributed by atoms with E-state index in [0.29, 0.717) is 6.61 Å². The van der Waals surface area contributed by atoms with Gasteiger partial charge in [-0.3, -0.25) is 0 Å². The maximum Gasteiger partial charge on any atom is 0.102 e. The molecule has 1 aliphatic rings. The van der Waals surface area contributed by atoms with E-state index in [2.05, 4.69) is 19.6 Å². The number of allylic oxidation sites excluding steroid dienone is 2. The van der Waals surface area contributed by atoms with Gasteiger partial charge in [0.05, 0.1) is 19.3 Å². The number of unbranched alkanes of at least 4 members (excludes halogenated alkanes) is 13. The summed E-state index contributed by atoms with van der Waals surface area (Å²) in [5, 5.41) is 0. The van der Waals surface area contributed by atoms with Crippen molar-refractivity contribution in [2.75, 3.05) is 13.2 Å². The van der Waals surface area contributed by atoms with E-state index in [1.807, 2.05) is 12.2 Å². The molecule has 2 nitrogen and oxygen atoms in total. The summed E-state index contributed by atoms with van der Waals surface area (Å²) in [6.45, 7) is 7.46. The van der Waals surface area contributed by atoms with Crippen LogP contribution in [0.3, 0.4) is 0 Å². The Kier molecular flexibility index (Phi) is 16.0. The van der Waals surface area contributed by atoms with Crippen molar-refractivity contribution < 1.29 is 9.47 Å². The third-order valence-corrected chi connectivity index (χ3v) is 5.37. The van der Waals surface area contributed by atoms with Gasteiger partial charge < -0.3 is 9.47 Å². The minimum Gasteiger partial charge on any atom is -0.373 e. The quantitative estimate of drug-likeness (QED) is 0.198. The van der Waals surface area contributed by atoms with E-state index in [4.69, 9.17) is 9.47 Å². The second-order valence-electron chi connectivity index (χ2n) is 7.75. The van der Waals surface area contributed by atoms with Crippen LogP contribution in [0.15, 0.2) is 24.8 Å². The van der Waals surface area contributed by atoms with Gasteiger partial charge >= 0.3 is 0 Å². The van der Waals surface area contributed by atoms with Crippen molar-refractivity contribution in [1.29, 1.82) is 0 Å². The molecule has 0 aliphatic carbocycles. The molecule has 2 heteroatoms. The number of ether oxygens (including phenoxy) is 2. The largest absolute Gasteiger partial charge is 0.373 e. The second kappa shape index (κ2) is 17.8. The standard InChI is InChI=1S/C24H44O2/c1-3-5-7-8-9-10-11-12-13-14-15-16-17-18-20-24-23(19-6-4-2)25-21-22-26-24/h4,6,19,23-24H,2-3,5,7-18,20-22H2,1H3/b19-6+/t23-,24-/m0/s1. The molecule has 0 amide bonds. The van der Waals surface area contributed by atoms with Crippen LogP contribution in [0.4, 0.5) is 0 Å². The Bertz CT molecular complexity index is 337. The first kappa shape index (κ1) is 23.4. The van der Waals surface area contributed by atoms with Crippen molar-refractivity contribution in [3.05, 3.63) is 24.8 Å². The second-order valence-corrected chi connectivity index (χ2v) is 7.75. The summed E-state index contributed by atoms with van der Waals surface area (Å²) < 4.78 is 11.7. The SMILES string of the molecule is C=C/C=C/[C@@H]1OCCO[C@H]1CCCCCCCCCCCCCCCC. The maximum atomic E-state index is 5.89. The van der Waals surface area contributed by atoms with Crippen molar-refractivity contribution in [3.8, 4) is 0 Å². The molecule has 0 radical (unpaired) electrons. The molecule has 0 aromatic carbocycles. The lowest BCUT2D eigenvalue weighted by Crippen LogP contribution is -2.37. The van der Waals surface area contributed by atoms with Crippen LogP contribution in [0.5, 0.6) is 0 Å². The zero-order chi connectivity index (χ0) is 18.7. The molecule has 0 saturated carbocycles. The number of hydrogen-bond donors (Lipinski definition) is 0. The van der Waals surface area contributed by atoms with Crippen LogP contribution in [-0.4, -0.2) is 25.4 Å². The lowest BCUT2D eigenvalue weighted by molar-refractivity contribution is -0.123. The minimum absolute atomic E-state index is 0.115. The van der Waals surface area contributed by atoms with Crippen molar-refractivity contribution in [2.45, 2.75) is 115 Å². The molecule has 1 fully saturated rings. The van der Waals surface area contributed by atoms with Crippen molar-refractivity contribution in [1.82, 2.24) is 0 Å². The third kappa shape index (κ3) is 12.7. The molecule has 0 aromatic rings. The molecule has 0 aromatic heterocycles. The average Bonchev–Trinajstić information content (AvgIpc) is 2.67. The fourth-order valence-corrected chi connectivity index (χ4v) is 3.74. The first-order valence-electron chi connectivity index (χ1n) is 11.4. The molecular formula is C24H44O2. The summed E-state index contributed by atoms with van der Waals surface area (Å²) in [7, 11) is 0. The topological polar surface area (TPSA) is 18.5 Å². The predicted octanol–water partition coefficient (Wildman–Crippen LogP) is 7.38. The highest BCUT2D eigenvalue weighted by molar-refractivity contribution is 5.03. The van der Waals surface area contributed by atoms with Gasteiger partial charge in [0.25, 0.3) is 0 Å². The van der Waals surface area contributed by atoms with Gasteiger partial charge in [0.15, 0.2) is 0 Å². The molecule has 1 heterocycles. The normalized spacial score (nSPS) is 20.7. The first-order chi connectivity index (χ1) is 12.9. The Morgan fingerprint density at radius 1 is 0.731 bits per heavy atom. The Morgan fingerprint density at radius 3 is 1.77 bits per heavy atom. The summed E-state index contributed by atoms with van der Waals surface area (Å²) in [5.41, 5.74) is 0. The van der Waals surface area contributed by atoms with Crippen molar-refractivity contribution in [2.24, 2.45) is 0 Å². The fraction of sp³-hybridized carbons (Fsp3) is 0.833. The van der Waals surface area contributed by atoms with E-state index in [-0.39, 0.29) is 12.2 Å². The van der Waals surface area contributed by atoms with Gasteiger partial charge in [0.2, 0.25) is 0 Å². The summed E-state index contributed by atoms with van der Waals surface area (Å²) >= 11 is 0. The summed E-state index contributed by atoms with van der Waals surface area (Å²) in [4.78, 5) is 0. The van der Waals surface area contributed by atoms with Crippen LogP contribution < -0.4 is 0 Å². The van der Waals surface area contributed by atoms with E-state index in [9.17, 15) is 0 Å². The van der Waals surface area contributed by atoms with E-state index >= 15 is 0 Å². The lowest BCUT2D eigenvalue weighted by atomic mass is 10.0. The summed E-state index contributed by atoms with van der Waals surface area (Å²) in [6, 6.07) is 0. The maximum absolute atomic E-state index is 5.89. The lowest BCUT2D eigenvalue weighted by Gasteiger charge is -2.30. The predicted molar refractivity (Wildman–Crippen MR) is 114 cm³/mol. The van der Waals surface area contributed by atoms with Gasteiger partial charge in [-0.25, -0.2) is 0 Å². The van der Waals surface area contributed by atoms with Crippen molar-refractivity contribution in [3.63, 3.8) is 0 Å². The zero-order valence-electron chi connectivity index (χ0n) is 17.4. The van der Waals surface area contributed by atoms with E-state index < -0.39 is 0 Å². The first-order valence-corrected chi connectivity index (χ1v) is 11.4. The molecule has 0 unspecified atom stereocenters. The van der Waals surface area contributed by atoms with Crippen molar-refractivity contribution >= 4 is 0 Å². The number of rotatable bonds is 17. The summed E-state index contributed by atoms with van der Waals surface area (Å²) in [5.74, 6) is 0. The zero-order valence-corrected chi connectivity index (χ0v) is 17.4. The molecule has 152 valence electrons. The molecule has 2 atom stereocenters. The number of hydrogen-bond acceptors (Lipinski definition) is 2. The van der Waals surface area contributed by atoms with E-state index in [1.165, 1.54) is 89.9 Å². The minimum atomic E-state index is 0.115. The van der Waals surface area contributed by atoms with Crippen LogP contribution in [0.1, 0.15) is 103 Å². The fourth-order valence-electron chi connectivity index (χ4n) is 3.74. The van der Waals surface area contributed by atoms with Crippen LogP contribution in [0, 0.1) is 0 Å². The summed E-state index contributed by atoms with van der Waals surface area (Å²) in [6.07, 6.45) is 27.0. The highest BCUT2D eigenvalue weighted by atomic mass is 16.6. The van der Waals surface area contributed by atoms with Gasteiger partial charge in [0.1, 0.15) is 6.10 Å². The molecule has 0 spiro atoms. The van der Waals surface area contributed by atoms with E-state index in [0.717, 1.165) is 13.0 Å². The molecule has 0 N–H and O–H groups in total. The Morgan fingerprint density at radius 2 is 1.23 bits per heavy atom. The molecule has 1 rings (SSSR count). The van der Waals surface area contributed by atoms with Crippen LogP contribution in [0.2, 0.25) is 0 Å². The van der Waals surface area contributed by atoms with Gasteiger partial charge in [-0.1, -0.05) is 122 Å².